The molecule has 3 fully saturated rings. The van der Waals surface area contributed by atoms with E-state index in [1.54, 1.807) is 65.5 Å². The van der Waals surface area contributed by atoms with Crippen LogP contribution in [0.15, 0.2) is 36.7 Å². The van der Waals surface area contributed by atoms with Gasteiger partial charge >= 0.3 is 5.97 Å². The summed E-state index contributed by atoms with van der Waals surface area (Å²) < 4.78 is 46.4. The number of cyclic esters (lactones) is 1. The van der Waals surface area contributed by atoms with Crippen LogP contribution < -0.4 is 5.32 Å². The van der Waals surface area contributed by atoms with E-state index in [2.05, 4.69) is 27.8 Å². The Morgan fingerprint density at radius 2 is 1.58 bits per heavy atom. The molecule has 1 aromatic heterocycles. The number of hydrogen-bond donors (Lipinski definition) is 5. The van der Waals surface area contributed by atoms with E-state index in [4.69, 9.17) is 33.2 Å². The molecule has 5 rings (SSSR count). The number of aliphatic hydroxyl groups is 4. The van der Waals surface area contributed by atoms with Gasteiger partial charge in [-0.3, -0.25) is 14.4 Å². The molecular weight excluding hydrogens is 931 g/mol. The molecule has 0 unspecified atom stereocenters. The zero-order chi connectivity index (χ0) is 53.3. The molecule has 4 heterocycles. The van der Waals surface area contributed by atoms with Crippen LogP contribution in [-0.4, -0.2) is 177 Å². The number of carbonyl (C=O) groups excluding carboxylic acids is 3. The average molecular weight is 1020 g/mol. The Morgan fingerprint density at radius 1 is 0.903 bits per heavy atom. The van der Waals surface area contributed by atoms with Crippen LogP contribution in [0.2, 0.25) is 0 Å². The summed E-state index contributed by atoms with van der Waals surface area (Å²) in [6.45, 7) is 18.1. The summed E-state index contributed by atoms with van der Waals surface area (Å²) in [5, 5.41) is 57.6. The molecule has 72 heavy (non-hydrogen) atoms. The van der Waals surface area contributed by atoms with Gasteiger partial charge in [0.2, 0.25) is 5.91 Å². The number of ketones is 1. The molecule has 18 atom stereocenters. The van der Waals surface area contributed by atoms with Crippen LogP contribution in [0.25, 0.3) is 5.69 Å². The number of nitrogens with zero attached hydrogens (tertiary/aromatic N) is 4. The lowest BCUT2D eigenvalue weighted by molar-refractivity contribution is -0.319. The van der Waals surface area contributed by atoms with Crippen molar-refractivity contribution < 1.29 is 68.0 Å². The zero-order valence-corrected chi connectivity index (χ0v) is 45.1. The SMILES string of the molecule is CC[C@H]1OC(=O)[C@H](C)[C@@H](O[C@H]2C[C@@](C)(OC)[C@@H](O)[C@H](C)O2)[C@H](C)[C@@H](O[C@H]2O[C@H](C)C[C@H](N(C)CCCC(=O)NCCCCc3ccc(-n4ccnn4)cc3)[C@H]2O)[C@](C)(OC)C[C@@H](C)C(=O)[C@H](C)[C@@H](O)[C@]1(C)O. The molecule has 0 aliphatic carbocycles. The third-order valence-corrected chi connectivity index (χ3v) is 15.9. The first-order chi connectivity index (χ1) is 33.9. The minimum absolute atomic E-state index is 0.0393. The molecule has 0 saturated carbocycles. The van der Waals surface area contributed by atoms with Crippen LogP contribution in [0.4, 0.5) is 0 Å². The summed E-state index contributed by atoms with van der Waals surface area (Å²) >= 11 is 0. The van der Waals surface area contributed by atoms with Crippen LogP contribution in [0.1, 0.15) is 126 Å². The van der Waals surface area contributed by atoms with Gasteiger partial charge in [-0.2, -0.15) is 0 Å². The van der Waals surface area contributed by atoms with E-state index in [0.717, 1.165) is 24.9 Å². The van der Waals surface area contributed by atoms with Crippen molar-refractivity contribution in [1.82, 2.24) is 25.2 Å². The van der Waals surface area contributed by atoms with Gasteiger partial charge < -0.3 is 63.8 Å². The molecule has 1 aromatic carbocycles. The maximum absolute atomic E-state index is 14.4. The molecule has 3 aliphatic heterocycles. The van der Waals surface area contributed by atoms with Gasteiger partial charge in [-0.15, -0.1) is 5.10 Å². The minimum atomic E-state index is -2.00. The van der Waals surface area contributed by atoms with E-state index < -0.39 is 108 Å². The Balaban J connectivity index is 1.33. The van der Waals surface area contributed by atoms with E-state index in [1.807, 2.05) is 37.9 Å². The fourth-order valence-electron chi connectivity index (χ4n) is 11.1. The molecule has 408 valence electrons. The molecule has 19 nitrogen and oxygen atoms in total. The van der Waals surface area contributed by atoms with Gasteiger partial charge in [-0.05, 0) is 118 Å². The number of nitrogens with one attached hydrogen (secondary N) is 1. The second-order valence-corrected chi connectivity index (χ2v) is 21.6. The van der Waals surface area contributed by atoms with Gasteiger partial charge in [-0.1, -0.05) is 45.0 Å². The molecule has 0 radical (unpaired) electrons. The number of aromatic nitrogens is 3. The Kier molecular flexibility index (Phi) is 21.3. The van der Waals surface area contributed by atoms with Crippen molar-refractivity contribution in [2.75, 3.05) is 34.4 Å². The van der Waals surface area contributed by atoms with Crippen LogP contribution in [0.3, 0.4) is 0 Å². The number of unbranched alkanes of at least 4 members (excludes halogenated alkanes) is 1. The average Bonchev–Trinajstić information content (AvgIpc) is 3.90. The number of hydrogen-bond acceptors (Lipinski definition) is 17. The monoisotopic (exact) mass is 1020 g/mol. The second kappa shape index (κ2) is 25.9. The lowest BCUT2D eigenvalue weighted by atomic mass is 9.74. The highest BCUT2D eigenvalue weighted by Crippen LogP contribution is 2.42. The van der Waals surface area contributed by atoms with E-state index in [-0.39, 0.29) is 37.1 Å². The number of benzene rings is 1. The summed E-state index contributed by atoms with van der Waals surface area (Å²) in [6.07, 6.45) is -2.68. The summed E-state index contributed by atoms with van der Waals surface area (Å²) in [7, 11) is 4.90. The normalized spacial score (nSPS) is 38.6. The highest BCUT2D eigenvalue weighted by molar-refractivity contribution is 5.83. The molecule has 5 N–H and O–H groups in total. The van der Waals surface area contributed by atoms with E-state index >= 15 is 0 Å². The van der Waals surface area contributed by atoms with E-state index in [1.165, 1.54) is 26.7 Å². The molecule has 3 aliphatic rings. The van der Waals surface area contributed by atoms with Crippen LogP contribution in [0.5, 0.6) is 0 Å². The van der Waals surface area contributed by atoms with E-state index in [9.17, 15) is 34.8 Å². The lowest BCUT2D eigenvalue weighted by Crippen LogP contribution is -2.61. The number of rotatable bonds is 18. The molecule has 2 aromatic rings. The van der Waals surface area contributed by atoms with Gasteiger partial charge in [0, 0.05) is 57.4 Å². The Morgan fingerprint density at radius 3 is 2.21 bits per heavy atom. The highest BCUT2D eigenvalue weighted by Gasteiger charge is 2.54. The number of ether oxygens (including phenoxy) is 7. The number of Topliss-reactive ketones (excluding diaryl/α,β-unsaturated/α-hetero) is 1. The van der Waals surface area contributed by atoms with Crippen molar-refractivity contribution in [1.29, 1.82) is 0 Å². The predicted octanol–water partition coefficient (Wildman–Crippen LogP) is 4.31. The molecule has 19 heteroatoms. The fourth-order valence-corrected chi connectivity index (χ4v) is 11.1. The summed E-state index contributed by atoms with van der Waals surface area (Å²) in [5.41, 5.74) is -2.25. The molecular formula is C53H87N5O14. The third-order valence-electron chi connectivity index (χ3n) is 15.9. The largest absolute Gasteiger partial charge is 0.459 e. The van der Waals surface area contributed by atoms with Gasteiger partial charge in [-0.25, -0.2) is 4.68 Å². The Labute approximate surface area is 426 Å². The topological polar surface area (TPSA) is 243 Å². The maximum Gasteiger partial charge on any atom is 0.311 e. The highest BCUT2D eigenvalue weighted by atomic mass is 16.7. The van der Waals surface area contributed by atoms with Crippen LogP contribution >= 0.6 is 0 Å². The van der Waals surface area contributed by atoms with Gasteiger partial charge in [0.1, 0.15) is 29.7 Å². The first kappa shape index (κ1) is 59.4. The maximum atomic E-state index is 14.4. The fraction of sp³-hybridized carbons (Fsp3) is 0.792. The standard InChI is InChI=1S/C53H87N5O14/c1-14-40-53(10,65)46(62)33(4)43(60)31(2)29-52(9,67-13)48(34(5)45(35(6)49(64)70-40)71-42-30-51(8,66-12)47(63)36(7)69-42)72-50-44(61)39(28-32(3)68-50)57(11)26-17-19-41(59)54-24-16-15-18-37-20-22-38(23-21-37)58-27-25-55-56-58/h20-23,25,27,31-36,39-40,42,44-48,50,61-63,65H,14-19,24,26,28-30H2,1-13H3,(H,54,59)/t31-,32-,33+,34+,35-,36+,39+,40-,42+,44-,45+,46-,47+,48-,50-,51-,52-,53-/m1/s1. The number of likely N-dealkylation sites (N-methyl/N-ethyl adjacent to an activating group) is 1. The summed E-state index contributed by atoms with van der Waals surface area (Å²) in [4.78, 5) is 43.6. The third kappa shape index (κ3) is 14.3. The number of methoxy groups -OCH3 is 2. The van der Waals surface area contributed by atoms with Crippen molar-refractivity contribution in [3.05, 3.63) is 42.2 Å². The lowest BCUT2D eigenvalue weighted by Gasteiger charge is -2.50. The predicted molar refractivity (Wildman–Crippen MR) is 267 cm³/mol. The number of aliphatic hydroxyl groups excluding tert-OH is 3. The van der Waals surface area contributed by atoms with Gasteiger partial charge in [0.05, 0.1) is 65.7 Å². The number of carbonyl (C=O) groups is 3. The first-order valence-electron chi connectivity index (χ1n) is 26.1. The Hall–Kier alpha value is -3.47. The van der Waals surface area contributed by atoms with Crippen molar-refractivity contribution in [2.45, 2.75) is 211 Å². The van der Waals surface area contributed by atoms with Gasteiger partial charge in [0.25, 0.3) is 0 Å². The van der Waals surface area contributed by atoms with Gasteiger partial charge in [0.15, 0.2) is 12.6 Å². The van der Waals surface area contributed by atoms with Crippen molar-refractivity contribution in [2.24, 2.45) is 23.7 Å². The summed E-state index contributed by atoms with van der Waals surface area (Å²) in [5.74, 6) is -4.78. The van der Waals surface area contributed by atoms with Crippen molar-refractivity contribution >= 4 is 17.7 Å². The molecule has 0 spiro atoms. The van der Waals surface area contributed by atoms with Crippen molar-refractivity contribution in [3.63, 3.8) is 0 Å². The second-order valence-electron chi connectivity index (χ2n) is 21.6. The van der Waals surface area contributed by atoms with Crippen LogP contribution in [0, 0.1) is 23.7 Å². The minimum Gasteiger partial charge on any atom is -0.459 e. The van der Waals surface area contributed by atoms with Crippen LogP contribution in [-0.2, 0) is 54.0 Å². The molecule has 3 saturated heterocycles. The quantitative estimate of drug-likeness (QED) is 0.103. The van der Waals surface area contributed by atoms with Crippen molar-refractivity contribution in [3.8, 4) is 5.69 Å². The first-order valence-corrected chi connectivity index (χ1v) is 26.1. The zero-order valence-electron chi connectivity index (χ0n) is 45.1. The Bertz CT molecular complexity index is 2010. The molecule has 0 bridgehead atoms. The summed E-state index contributed by atoms with van der Waals surface area (Å²) in [6, 6.07) is 7.74. The van der Waals surface area contributed by atoms with E-state index in [0.29, 0.717) is 32.4 Å². The number of esters is 1. The number of aryl methyl sites for hydroxylation is 1. The smallest absolute Gasteiger partial charge is 0.311 e. The molecule has 1 amide bonds. The number of amides is 1.